The molecule has 6 nitrogen and oxygen atoms in total. The fourth-order valence-corrected chi connectivity index (χ4v) is 3.92. The first-order valence-electron chi connectivity index (χ1n) is 10.4. The van der Waals surface area contributed by atoms with Crippen LogP contribution in [0.3, 0.4) is 0 Å². The van der Waals surface area contributed by atoms with Gasteiger partial charge < -0.3 is 9.88 Å². The zero-order valence-electron chi connectivity index (χ0n) is 18.2. The molecule has 0 saturated carbocycles. The SMILES string of the molecule is CCc1nc2ccccc2n1C(C)C(=O)Nc1c(C)nn(Cc2ccc(F)cc2)c1C. The van der Waals surface area contributed by atoms with Gasteiger partial charge in [-0.05, 0) is 50.6 Å². The van der Waals surface area contributed by atoms with Gasteiger partial charge >= 0.3 is 0 Å². The van der Waals surface area contributed by atoms with Crippen LogP contribution < -0.4 is 5.32 Å². The molecule has 0 saturated heterocycles. The van der Waals surface area contributed by atoms with Crippen molar-refractivity contribution in [2.24, 2.45) is 0 Å². The fraction of sp³-hybridized carbons (Fsp3) is 0.292. The molecule has 31 heavy (non-hydrogen) atoms. The number of benzene rings is 2. The maximum atomic E-state index is 13.2. The van der Waals surface area contributed by atoms with Gasteiger partial charge in [0.2, 0.25) is 5.91 Å². The van der Waals surface area contributed by atoms with E-state index in [-0.39, 0.29) is 11.7 Å². The number of para-hydroxylation sites is 2. The Bertz CT molecular complexity index is 1240. The highest BCUT2D eigenvalue weighted by Crippen LogP contribution is 2.25. The van der Waals surface area contributed by atoms with Crippen LogP contribution in [-0.4, -0.2) is 25.2 Å². The highest BCUT2D eigenvalue weighted by Gasteiger charge is 2.23. The summed E-state index contributed by atoms with van der Waals surface area (Å²) in [6, 6.07) is 13.8. The van der Waals surface area contributed by atoms with Crippen LogP contribution in [0.2, 0.25) is 0 Å². The van der Waals surface area contributed by atoms with Gasteiger partial charge in [0, 0.05) is 6.42 Å². The Labute approximate surface area is 180 Å². The summed E-state index contributed by atoms with van der Waals surface area (Å²) in [5.74, 6) is 0.493. The molecular formula is C24H26FN5O. The number of anilines is 1. The van der Waals surface area contributed by atoms with Gasteiger partial charge in [0.1, 0.15) is 17.7 Å². The molecule has 4 rings (SSSR count). The van der Waals surface area contributed by atoms with Crippen molar-refractivity contribution >= 4 is 22.6 Å². The smallest absolute Gasteiger partial charge is 0.247 e. The number of fused-ring (bicyclic) bond motifs is 1. The molecule has 1 N–H and O–H groups in total. The second kappa shape index (κ2) is 8.34. The predicted molar refractivity (Wildman–Crippen MR) is 120 cm³/mol. The van der Waals surface area contributed by atoms with E-state index >= 15 is 0 Å². The second-order valence-corrected chi connectivity index (χ2v) is 7.74. The summed E-state index contributed by atoms with van der Waals surface area (Å²) in [7, 11) is 0. The van der Waals surface area contributed by atoms with E-state index in [0.29, 0.717) is 12.2 Å². The minimum atomic E-state index is -0.429. The van der Waals surface area contributed by atoms with E-state index in [4.69, 9.17) is 0 Å². The average Bonchev–Trinajstić information content (AvgIpc) is 3.27. The Morgan fingerprint density at radius 3 is 2.55 bits per heavy atom. The van der Waals surface area contributed by atoms with E-state index < -0.39 is 6.04 Å². The highest BCUT2D eigenvalue weighted by molar-refractivity contribution is 5.95. The van der Waals surface area contributed by atoms with E-state index in [1.165, 1.54) is 12.1 Å². The number of amides is 1. The Morgan fingerprint density at radius 1 is 1.13 bits per heavy atom. The van der Waals surface area contributed by atoms with Crippen LogP contribution in [0.1, 0.15) is 42.7 Å². The standard InChI is InChI=1S/C24H26FN5O/c1-5-22-26-20-8-6-7-9-21(20)30(22)17(4)24(31)27-23-15(2)28-29(16(23)3)14-18-10-12-19(25)13-11-18/h6-13,17H,5,14H2,1-4H3,(H,27,31). The third-order valence-electron chi connectivity index (χ3n) is 5.63. The van der Waals surface area contributed by atoms with Crippen molar-refractivity contribution in [2.45, 2.75) is 46.7 Å². The summed E-state index contributed by atoms with van der Waals surface area (Å²) < 4.78 is 17.0. The maximum absolute atomic E-state index is 13.2. The molecule has 160 valence electrons. The number of carbonyl (C=O) groups excluding carboxylic acids is 1. The molecule has 0 aliphatic heterocycles. The van der Waals surface area contributed by atoms with Crippen LogP contribution in [-0.2, 0) is 17.8 Å². The van der Waals surface area contributed by atoms with Crippen molar-refractivity contribution < 1.29 is 9.18 Å². The predicted octanol–water partition coefficient (Wildman–Crippen LogP) is 4.80. The molecule has 1 atom stereocenters. The summed E-state index contributed by atoms with van der Waals surface area (Å²) in [6.07, 6.45) is 0.736. The molecule has 2 aromatic heterocycles. The van der Waals surface area contributed by atoms with E-state index in [9.17, 15) is 9.18 Å². The van der Waals surface area contributed by atoms with Crippen molar-refractivity contribution in [2.75, 3.05) is 5.32 Å². The van der Waals surface area contributed by atoms with Gasteiger partial charge in [-0.2, -0.15) is 5.10 Å². The topological polar surface area (TPSA) is 64.7 Å². The lowest BCUT2D eigenvalue weighted by Gasteiger charge is -2.17. The monoisotopic (exact) mass is 419 g/mol. The van der Waals surface area contributed by atoms with E-state index in [2.05, 4.69) is 15.4 Å². The van der Waals surface area contributed by atoms with Gasteiger partial charge in [-0.3, -0.25) is 9.48 Å². The molecule has 1 amide bonds. The number of nitrogens with one attached hydrogen (secondary N) is 1. The number of hydrogen-bond donors (Lipinski definition) is 1. The van der Waals surface area contributed by atoms with Crippen molar-refractivity contribution in [3.05, 3.63) is 77.1 Å². The summed E-state index contributed by atoms with van der Waals surface area (Å²) >= 11 is 0. The van der Waals surface area contributed by atoms with Crippen molar-refractivity contribution in [3.8, 4) is 0 Å². The molecular weight excluding hydrogens is 393 g/mol. The average molecular weight is 420 g/mol. The van der Waals surface area contributed by atoms with Crippen molar-refractivity contribution in [1.82, 2.24) is 19.3 Å². The Hall–Kier alpha value is -3.48. The maximum Gasteiger partial charge on any atom is 0.247 e. The van der Waals surface area contributed by atoms with Gasteiger partial charge in [-0.25, -0.2) is 9.37 Å². The van der Waals surface area contributed by atoms with Gasteiger partial charge in [-0.15, -0.1) is 0 Å². The van der Waals surface area contributed by atoms with Crippen molar-refractivity contribution in [1.29, 1.82) is 0 Å². The molecule has 0 radical (unpaired) electrons. The Balaban J connectivity index is 1.59. The zero-order valence-corrected chi connectivity index (χ0v) is 18.2. The van der Waals surface area contributed by atoms with Gasteiger partial charge in [0.05, 0.1) is 34.7 Å². The highest BCUT2D eigenvalue weighted by atomic mass is 19.1. The summed E-state index contributed by atoms with van der Waals surface area (Å²) in [4.78, 5) is 17.9. The largest absolute Gasteiger partial charge is 0.321 e. The number of hydrogen-bond acceptors (Lipinski definition) is 3. The summed E-state index contributed by atoms with van der Waals surface area (Å²) in [6.45, 7) is 8.23. The number of nitrogens with zero attached hydrogens (tertiary/aromatic N) is 4. The summed E-state index contributed by atoms with van der Waals surface area (Å²) in [5, 5.41) is 7.64. The number of aryl methyl sites for hydroxylation is 2. The zero-order chi connectivity index (χ0) is 22.1. The molecule has 0 fully saturated rings. The lowest BCUT2D eigenvalue weighted by molar-refractivity contribution is -0.118. The van der Waals surface area contributed by atoms with Crippen LogP contribution in [0.25, 0.3) is 11.0 Å². The number of carbonyl (C=O) groups is 1. The molecule has 7 heteroatoms. The lowest BCUT2D eigenvalue weighted by atomic mass is 10.2. The molecule has 0 bridgehead atoms. The van der Waals surface area contributed by atoms with Crippen LogP contribution in [0, 0.1) is 19.7 Å². The normalized spacial score (nSPS) is 12.3. The minimum Gasteiger partial charge on any atom is -0.321 e. The van der Waals surface area contributed by atoms with E-state index in [1.54, 1.807) is 12.1 Å². The minimum absolute atomic E-state index is 0.120. The Morgan fingerprint density at radius 2 is 1.84 bits per heavy atom. The quantitative estimate of drug-likeness (QED) is 0.488. The molecule has 1 unspecified atom stereocenters. The van der Waals surface area contributed by atoms with Gasteiger partial charge in [0.25, 0.3) is 0 Å². The molecule has 2 aromatic carbocycles. The number of aromatic nitrogens is 4. The van der Waals surface area contributed by atoms with Crippen LogP contribution in [0.5, 0.6) is 0 Å². The van der Waals surface area contributed by atoms with Crippen molar-refractivity contribution in [3.63, 3.8) is 0 Å². The third-order valence-corrected chi connectivity index (χ3v) is 5.63. The molecule has 0 aliphatic rings. The van der Waals surface area contributed by atoms with E-state index in [1.807, 2.05) is 61.2 Å². The first kappa shape index (κ1) is 20.8. The molecule has 2 heterocycles. The lowest BCUT2D eigenvalue weighted by Crippen LogP contribution is -2.25. The van der Waals surface area contributed by atoms with Crippen LogP contribution >= 0.6 is 0 Å². The van der Waals surface area contributed by atoms with Gasteiger partial charge in [0.15, 0.2) is 0 Å². The first-order chi connectivity index (χ1) is 14.9. The molecule has 4 aromatic rings. The number of halogens is 1. The van der Waals surface area contributed by atoms with Crippen LogP contribution in [0.15, 0.2) is 48.5 Å². The second-order valence-electron chi connectivity index (χ2n) is 7.74. The fourth-order valence-electron chi connectivity index (χ4n) is 3.92. The first-order valence-corrected chi connectivity index (χ1v) is 10.4. The Kier molecular flexibility index (Phi) is 5.59. The van der Waals surface area contributed by atoms with Gasteiger partial charge in [-0.1, -0.05) is 31.2 Å². The number of rotatable bonds is 6. The summed E-state index contributed by atoms with van der Waals surface area (Å²) in [5.41, 5.74) is 5.08. The van der Waals surface area contributed by atoms with E-state index in [0.717, 1.165) is 40.2 Å². The number of imidazole rings is 1. The van der Waals surface area contributed by atoms with Crippen LogP contribution in [0.4, 0.5) is 10.1 Å². The third kappa shape index (κ3) is 3.95. The molecule has 0 aliphatic carbocycles. The molecule has 0 spiro atoms.